The molecule has 2 N–H and O–H groups in total. The summed E-state index contributed by atoms with van der Waals surface area (Å²) in [6.45, 7) is 5.07. The van der Waals surface area contributed by atoms with Crippen LogP contribution in [-0.2, 0) is 11.3 Å². The molecule has 1 heterocycles. The third kappa shape index (κ3) is 2.68. The molecular formula is C15H21N3OS. The van der Waals surface area contributed by atoms with E-state index in [1.165, 1.54) is 0 Å². The van der Waals surface area contributed by atoms with Crippen LogP contribution in [0.1, 0.15) is 37.6 Å². The molecular weight excluding hydrogens is 270 g/mol. The van der Waals surface area contributed by atoms with E-state index in [-0.39, 0.29) is 5.91 Å². The molecule has 20 heavy (non-hydrogen) atoms. The van der Waals surface area contributed by atoms with E-state index in [0.717, 1.165) is 30.7 Å². The standard InChI is InChI=1S/C15H21N3OS/c1-3-18(10-12-7-4-6-11(2)17-12)14(19)15(13(16)20)8-5-9-15/h4,6-7H,3,5,8-10H2,1-2H3,(H2,16,20). The van der Waals surface area contributed by atoms with Gasteiger partial charge < -0.3 is 10.6 Å². The monoisotopic (exact) mass is 291 g/mol. The molecule has 2 rings (SSSR count). The second-order valence-electron chi connectivity index (χ2n) is 5.39. The molecule has 0 radical (unpaired) electrons. The smallest absolute Gasteiger partial charge is 0.235 e. The molecule has 5 heteroatoms. The van der Waals surface area contributed by atoms with Gasteiger partial charge >= 0.3 is 0 Å². The first-order valence-electron chi connectivity index (χ1n) is 7.01. The van der Waals surface area contributed by atoms with Gasteiger partial charge in [0.05, 0.1) is 22.6 Å². The summed E-state index contributed by atoms with van der Waals surface area (Å²) >= 11 is 5.12. The van der Waals surface area contributed by atoms with Crippen LogP contribution in [0.5, 0.6) is 0 Å². The molecule has 4 nitrogen and oxygen atoms in total. The van der Waals surface area contributed by atoms with Gasteiger partial charge in [0, 0.05) is 12.2 Å². The highest BCUT2D eigenvalue weighted by Crippen LogP contribution is 2.43. The molecule has 0 aromatic carbocycles. The van der Waals surface area contributed by atoms with Gasteiger partial charge in [-0.2, -0.15) is 0 Å². The quantitative estimate of drug-likeness (QED) is 0.845. The van der Waals surface area contributed by atoms with Gasteiger partial charge in [-0.25, -0.2) is 0 Å². The average Bonchev–Trinajstić information content (AvgIpc) is 2.34. The third-order valence-corrected chi connectivity index (χ3v) is 4.45. The number of aromatic nitrogens is 1. The van der Waals surface area contributed by atoms with Crippen LogP contribution in [0.25, 0.3) is 0 Å². The number of pyridine rings is 1. The maximum Gasteiger partial charge on any atom is 0.235 e. The zero-order valence-electron chi connectivity index (χ0n) is 12.1. The highest BCUT2D eigenvalue weighted by molar-refractivity contribution is 7.80. The molecule has 1 aromatic rings. The second-order valence-corrected chi connectivity index (χ2v) is 5.83. The fourth-order valence-electron chi connectivity index (χ4n) is 2.61. The van der Waals surface area contributed by atoms with Crippen molar-refractivity contribution in [3.05, 3.63) is 29.6 Å². The minimum Gasteiger partial charge on any atom is -0.392 e. The molecule has 0 spiro atoms. The fourth-order valence-corrected chi connectivity index (χ4v) is 2.90. The number of hydrogen-bond acceptors (Lipinski definition) is 3. The Kier molecular flexibility index (Phi) is 4.38. The number of amides is 1. The Labute approximate surface area is 125 Å². The van der Waals surface area contributed by atoms with Crippen molar-refractivity contribution in [3.8, 4) is 0 Å². The van der Waals surface area contributed by atoms with E-state index in [4.69, 9.17) is 18.0 Å². The van der Waals surface area contributed by atoms with Crippen molar-refractivity contribution in [2.75, 3.05) is 6.54 Å². The minimum absolute atomic E-state index is 0.0575. The van der Waals surface area contributed by atoms with E-state index in [0.29, 0.717) is 18.1 Å². The van der Waals surface area contributed by atoms with E-state index < -0.39 is 5.41 Å². The maximum absolute atomic E-state index is 12.7. The minimum atomic E-state index is -0.602. The molecule has 1 aliphatic carbocycles. The lowest BCUT2D eigenvalue weighted by atomic mass is 9.67. The molecule has 0 bridgehead atoms. The molecule has 1 fully saturated rings. The maximum atomic E-state index is 12.7. The normalized spacial score (nSPS) is 16.3. The summed E-state index contributed by atoms with van der Waals surface area (Å²) in [7, 11) is 0. The SMILES string of the molecule is CCN(Cc1cccc(C)n1)C(=O)C1(C(N)=S)CCC1. The lowest BCUT2D eigenvalue weighted by Gasteiger charge is -2.42. The van der Waals surface area contributed by atoms with Crippen molar-refractivity contribution in [1.29, 1.82) is 0 Å². The molecule has 1 aliphatic rings. The van der Waals surface area contributed by atoms with Crippen LogP contribution >= 0.6 is 12.2 Å². The van der Waals surface area contributed by atoms with E-state index in [2.05, 4.69) is 4.98 Å². The Morgan fingerprint density at radius 2 is 2.20 bits per heavy atom. The zero-order valence-corrected chi connectivity index (χ0v) is 12.9. The molecule has 1 aromatic heterocycles. The number of aryl methyl sites for hydroxylation is 1. The summed E-state index contributed by atoms with van der Waals surface area (Å²) in [5, 5.41) is 0. The summed E-state index contributed by atoms with van der Waals surface area (Å²) in [5.74, 6) is 0.0575. The van der Waals surface area contributed by atoms with Gasteiger partial charge in [0.1, 0.15) is 0 Å². The van der Waals surface area contributed by atoms with Crippen molar-refractivity contribution in [2.45, 2.75) is 39.7 Å². The van der Waals surface area contributed by atoms with Crippen molar-refractivity contribution >= 4 is 23.1 Å². The van der Waals surface area contributed by atoms with Crippen LogP contribution in [0.4, 0.5) is 0 Å². The van der Waals surface area contributed by atoms with Gasteiger partial charge in [0.2, 0.25) is 5.91 Å². The first-order valence-corrected chi connectivity index (χ1v) is 7.42. The summed E-state index contributed by atoms with van der Waals surface area (Å²) in [6.07, 6.45) is 2.57. The van der Waals surface area contributed by atoms with E-state index in [9.17, 15) is 4.79 Å². The number of thiocarbonyl (C=S) groups is 1. The Bertz CT molecular complexity index is 526. The fraction of sp³-hybridized carbons (Fsp3) is 0.533. The molecule has 0 aliphatic heterocycles. The lowest BCUT2D eigenvalue weighted by molar-refractivity contribution is -0.142. The van der Waals surface area contributed by atoms with Crippen molar-refractivity contribution < 1.29 is 4.79 Å². The average molecular weight is 291 g/mol. The van der Waals surface area contributed by atoms with Crippen molar-refractivity contribution in [1.82, 2.24) is 9.88 Å². The van der Waals surface area contributed by atoms with Gasteiger partial charge in [0.25, 0.3) is 0 Å². The van der Waals surface area contributed by atoms with Gasteiger partial charge in [-0.1, -0.05) is 24.7 Å². The van der Waals surface area contributed by atoms with E-state index in [1.807, 2.05) is 32.0 Å². The second kappa shape index (κ2) is 5.87. The Hall–Kier alpha value is -1.49. The lowest BCUT2D eigenvalue weighted by Crippen LogP contribution is -2.54. The Morgan fingerprint density at radius 1 is 1.50 bits per heavy atom. The van der Waals surface area contributed by atoms with Crippen LogP contribution in [0.3, 0.4) is 0 Å². The predicted octanol–water partition coefficient (Wildman–Crippen LogP) is 2.19. The van der Waals surface area contributed by atoms with Crippen LogP contribution in [0.15, 0.2) is 18.2 Å². The van der Waals surface area contributed by atoms with E-state index >= 15 is 0 Å². The summed E-state index contributed by atoms with van der Waals surface area (Å²) in [4.78, 5) is 19.3. The zero-order chi connectivity index (χ0) is 14.8. The van der Waals surface area contributed by atoms with Crippen molar-refractivity contribution in [2.24, 2.45) is 11.1 Å². The highest BCUT2D eigenvalue weighted by atomic mass is 32.1. The summed E-state index contributed by atoms with van der Waals surface area (Å²) in [6, 6.07) is 5.85. The molecule has 0 unspecified atom stereocenters. The number of carbonyl (C=O) groups excluding carboxylic acids is 1. The Balaban J connectivity index is 2.16. The van der Waals surface area contributed by atoms with Crippen molar-refractivity contribution in [3.63, 3.8) is 0 Å². The summed E-state index contributed by atoms with van der Waals surface area (Å²) < 4.78 is 0. The summed E-state index contributed by atoms with van der Waals surface area (Å²) in [5.41, 5.74) is 7.07. The predicted molar refractivity (Wildman–Crippen MR) is 83.1 cm³/mol. The molecule has 0 saturated heterocycles. The van der Waals surface area contributed by atoms with E-state index in [1.54, 1.807) is 4.90 Å². The topological polar surface area (TPSA) is 59.2 Å². The highest BCUT2D eigenvalue weighted by Gasteiger charge is 2.48. The molecule has 0 atom stereocenters. The number of rotatable bonds is 5. The number of carbonyl (C=O) groups is 1. The third-order valence-electron chi connectivity index (χ3n) is 4.06. The number of nitrogens with zero attached hydrogens (tertiary/aromatic N) is 2. The molecule has 1 saturated carbocycles. The van der Waals surface area contributed by atoms with Gasteiger partial charge in [-0.15, -0.1) is 0 Å². The van der Waals surface area contributed by atoms with Crippen LogP contribution in [-0.4, -0.2) is 27.3 Å². The molecule has 108 valence electrons. The van der Waals surface area contributed by atoms with Crippen LogP contribution in [0.2, 0.25) is 0 Å². The molecule has 1 amide bonds. The Morgan fingerprint density at radius 3 is 2.65 bits per heavy atom. The largest absolute Gasteiger partial charge is 0.392 e. The van der Waals surface area contributed by atoms with Crippen LogP contribution < -0.4 is 5.73 Å². The van der Waals surface area contributed by atoms with Gasteiger partial charge in [-0.05, 0) is 38.8 Å². The number of hydrogen-bond donors (Lipinski definition) is 1. The first kappa shape index (κ1) is 14.9. The van der Waals surface area contributed by atoms with Crippen LogP contribution in [0, 0.1) is 12.3 Å². The number of nitrogens with two attached hydrogens (primary N) is 1. The first-order chi connectivity index (χ1) is 9.49. The van der Waals surface area contributed by atoms with Gasteiger partial charge in [-0.3, -0.25) is 9.78 Å². The van der Waals surface area contributed by atoms with Gasteiger partial charge in [0.15, 0.2) is 0 Å².